The molecule has 176 valence electrons. The van der Waals surface area contributed by atoms with E-state index in [2.05, 4.69) is 0 Å². The van der Waals surface area contributed by atoms with Gasteiger partial charge in [0.15, 0.2) is 11.5 Å². The molecule has 4 rings (SSSR count). The highest BCUT2D eigenvalue weighted by molar-refractivity contribution is 7.92. The predicted molar refractivity (Wildman–Crippen MR) is 120 cm³/mol. The van der Waals surface area contributed by atoms with Crippen molar-refractivity contribution >= 4 is 27.6 Å². The van der Waals surface area contributed by atoms with Crippen molar-refractivity contribution in [3.8, 4) is 11.5 Å². The summed E-state index contributed by atoms with van der Waals surface area (Å²) in [6.07, 6.45) is 0.960. The van der Waals surface area contributed by atoms with Gasteiger partial charge in [-0.2, -0.15) is 0 Å². The van der Waals surface area contributed by atoms with E-state index < -0.39 is 10.0 Å². The largest absolute Gasteiger partial charge is 0.486 e. The van der Waals surface area contributed by atoms with Crippen LogP contribution in [0.3, 0.4) is 0 Å². The molecule has 0 radical (unpaired) electrons. The molecule has 10 heteroatoms. The second-order valence-corrected chi connectivity index (χ2v) is 9.69. The zero-order valence-electron chi connectivity index (χ0n) is 18.3. The number of amides is 1. The normalized spacial score (nSPS) is 16.2. The highest BCUT2D eigenvalue weighted by Gasteiger charge is 2.32. The van der Waals surface area contributed by atoms with Crippen LogP contribution in [0.25, 0.3) is 0 Å². The first kappa shape index (κ1) is 22.9. The molecule has 0 N–H and O–H groups in total. The Morgan fingerprint density at radius 2 is 1.70 bits per heavy atom. The lowest BCUT2D eigenvalue weighted by Gasteiger charge is -2.33. The molecular formula is C23H26N2O7S. The summed E-state index contributed by atoms with van der Waals surface area (Å²) in [5.41, 5.74) is 0.306. The number of ether oxygens (including phenoxy) is 3. The SMILES string of the molecule is COC(=O)C1CCN(C(=O)CN(c2ccc3c(c2)OCCO3)S(=O)(=O)c2ccccc2)CC1. The van der Waals surface area contributed by atoms with Crippen LogP contribution in [0.2, 0.25) is 0 Å². The molecule has 0 saturated carbocycles. The number of fused-ring (bicyclic) bond motifs is 1. The van der Waals surface area contributed by atoms with Crippen LogP contribution in [0.4, 0.5) is 5.69 Å². The number of nitrogens with zero attached hydrogens (tertiary/aromatic N) is 2. The molecular weight excluding hydrogens is 448 g/mol. The van der Waals surface area contributed by atoms with E-state index in [1.165, 1.54) is 19.2 Å². The number of piperidine rings is 1. The van der Waals surface area contributed by atoms with Crippen molar-refractivity contribution < 1.29 is 32.2 Å². The predicted octanol–water partition coefficient (Wildman–Crippen LogP) is 2.06. The topological polar surface area (TPSA) is 102 Å². The summed E-state index contributed by atoms with van der Waals surface area (Å²) < 4.78 is 44.1. The van der Waals surface area contributed by atoms with Crippen molar-refractivity contribution in [2.45, 2.75) is 17.7 Å². The molecule has 2 aliphatic rings. The number of benzene rings is 2. The minimum Gasteiger partial charge on any atom is -0.486 e. The Hall–Kier alpha value is -3.27. The number of esters is 1. The average molecular weight is 475 g/mol. The van der Waals surface area contributed by atoms with Crippen molar-refractivity contribution in [1.29, 1.82) is 0 Å². The molecule has 0 aromatic heterocycles. The highest BCUT2D eigenvalue weighted by Crippen LogP contribution is 2.36. The summed E-state index contributed by atoms with van der Waals surface area (Å²) in [5.74, 6) is 0.0805. The van der Waals surface area contributed by atoms with E-state index in [0.717, 1.165) is 4.31 Å². The van der Waals surface area contributed by atoms with Gasteiger partial charge in [0.2, 0.25) is 5.91 Å². The van der Waals surface area contributed by atoms with E-state index in [-0.39, 0.29) is 29.2 Å². The summed E-state index contributed by atoms with van der Waals surface area (Å²) >= 11 is 0. The number of methoxy groups -OCH3 is 1. The monoisotopic (exact) mass is 474 g/mol. The minimum absolute atomic E-state index is 0.0806. The summed E-state index contributed by atoms with van der Waals surface area (Å²) in [6, 6.07) is 12.8. The third kappa shape index (κ3) is 4.90. The Balaban J connectivity index is 1.60. The van der Waals surface area contributed by atoms with Crippen LogP contribution in [0.1, 0.15) is 12.8 Å². The summed E-state index contributed by atoms with van der Waals surface area (Å²) in [7, 11) is -2.68. The average Bonchev–Trinajstić information content (AvgIpc) is 2.86. The zero-order valence-corrected chi connectivity index (χ0v) is 19.1. The fourth-order valence-electron chi connectivity index (χ4n) is 3.98. The van der Waals surface area contributed by atoms with Gasteiger partial charge in [-0.1, -0.05) is 18.2 Å². The van der Waals surface area contributed by atoms with Gasteiger partial charge in [-0.05, 0) is 37.1 Å². The van der Waals surface area contributed by atoms with E-state index in [0.29, 0.717) is 56.3 Å². The molecule has 0 spiro atoms. The lowest BCUT2D eigenvalue weighted by atomic mass is 9.97. The minimum atomic E-state index is -4.03. The fraction of sp³-hybridized carbons (Fsp3) is 0.391. The molecule has 0 aliphatic carbocycles. The lowest BCUT2D eigenvalue weighted by Crippen LogP contribution is -2.46. The number of hydrogen-bond donors (Lipinski definition) is 0. The van der Waals surface area contributed by atoms with Gasteiger partial charge >= 0.3 is 5.97 Å². The van der Waals surface area contributed by atoms with E-state index >= 15 is 0 Å². The third-order valence-electron chi connectivity index (χ3n) is 5.81. The number of hydrogen-bond acceptors (Lipinski definition) is 7. The van der Waals surface area contributed by atoms with Crippen LogP contribution in [0.5, 0.6) is 11.5 Å². The Morgan fingerprint density at radius 1 is 1.03 bits per heavy atom. The van der Waals surface area contributed by atoms with Crippen molar-refractivity contribution in [3.05, 3.63) is 48.5 Å². The first-order valence-electron chi connectivity index (χ1n) is 10.7. The van der Waals surface area contributed by atoms with Gasteiger partial charge in [0.1, 0.15) is 19.8 Å². The van der Waals surface area contributed by atoms with E-state index in [1.54, 1.807) is 41.3 Å². The second-order valence-electron chi connectivity index (χ2n) is 7.83. The van der Waals surface area contributed by atoms with Gasteiger partial charge in [-0.15, -0.1) is 0 Å². The summed E-state index contributed by atoms with van der Waals surface area (Å²) in [4.78, 5) is 26.6. The van der Waals surface area contributed by atoms with Gasteiger partial charge in [-0.3, -0.25) is 13.9 Å². The number of carbonyl (C=O) groups is 2. The standard InChI is InChI=1S/C23H26N2O7S/c1-30-23(27)17-9-11-24(12-10-17)22(26)16-25(33(28,29)19-5-3-2-4-6-19)18-7-8-20-21(15-18)32-14-13-31-20/h2-8,15,17H,9-14,16H2,1H3. The Kier molecular flexibility index (Phi) is 6.73. The lowest BCUT2D eigenvalue weighted by molar-refractivity contribution is -0.148. The maximum absolute atomic E-state index is 13.5. The van der Waals surface area contributed by atoms with Crippen molar-refractivity contribution in [3.63, 3.8) is 0 Å². The number of rotatable bonds is 6. The smallest absolute Gasteiger partial charge is 0.308 e. The Labute approximate surface area is 192 Å². The molecule has 2 aromatic carbocycles. The first-order valence-corrected chi connectivity index (χ1v) is 12.2. The number of anilines is 1. The maximum atomic E-state index is 13.5. The van der Waals surface area contributed by atoms with Gasteiger partial charge in [0.25, 0.3) is 10.0 Å². The van der Waals surface area contributed by atoms with Crippen LogP contribution < -0.4 is 13.8 Å². The quantitative estimate of drug-likeness (QED) is 0.591. The van der Waals surface area contributed by atoms with Crippen LogP contribution >= 0.6 is 0 Å². The Bertz CT molecular complexity index is 1110. The molecule has 1 fully saturated rings. The second kappa shape index (κ2) is 9.70. The van der Waals surface area contributed by atoms with Crippen LogP contribution in [0.15, 0.2) is 53.4 Å². The maximum Gasteiger partial charge on any atom is 0.308 e. The van der Waals surface area contributed by atoms with Crippen LogP contribution in [-0.4, -0.2) is 65.2 Å². The molecule has 0 bridgehead atoms. The van der Waals surface area contributed by atoms with E-state index in [4.69, 9.17) is 14.2 Å². The molecule has 0 atom stereocenters. The van der Waals surface area contributed by atoms with Gasteiger partial charge in [0, 0.05) is 19.2 Å². The van der Waals surface area contributed by atoms with Gasteiger partial charge < -0.3 is 19.1 Å². The van der Waals surface area contributed by atoms with Crippen molar-refractivity contribution in [2.75, 3.05) is 44.3 Å². The van der Waals surface area contributed by atoms with E-state index in [1.807, 2.05) is 0 Å². The molecule has 2 aromatic rings. The van der Waals surface area contributed by atoms with Crippen molar-refractivity contribution in [1.82, 2.24) is 4.90 Å². The molecule has 9 nitrogen and oxygen atoms in total. The molecule has 33 heavy (non-hydrogen) atoms. The molecule has 0 unspecified atom stereocenters. The van der Waals surface area contributed by atoms with Gasteiger partial charge in [-0.25, -0.2) is 8.42 Å². The molecule has 1 amide bonds. The highest BCUT2D eigenvalue weighted by atomic mass is 32.2. The molecule has 2 aliphatic heterocycles. The summed E-state index contributed by atoms with van der Waals surface area (Å²) in [5, 5.41) is 0. The van der Waals surface area contributed by atoms with Crippen LogP contribution in [-0.2, 0) is 24.3 Å². The van der Waals surface area contributed by atoms with Gasteiger partial charge in [0.05, 0.1) is 23.6 Å². The third-order valence-corrected chi connectivity index (χ3v) is 7.59. The number of sulfonamides is 1. The van der Waals surface area contributed by atoms with E-state index in [9.17, 15) is 18.0 Å². The van der Waals surface area contributed by atoms with Crippen molar-refractivity contribution in [2.24, 2.45) is 5.92 Å². The number of likely N-dealkylation sites (tertiary alicyclic amines) is 1. The Morgan fingerprint density at radius 3 is 2.36 bits per heavy atom. The zero-order chi connectivity index (χ0) is 23.4. The fourth-order valence-corrected chi connectivity index (χ4v) is 5.40. The molecule has 2 heterocycles. The molecule has 1 saturated heterocycles. The summed E-state index contributed by atoms with van der Waals surface area (Å²) in [6.45, 7) is 1.12. The number of carbonyl (C=O) groups excluding carboxylic acids is 2. The van der Waals surface area contributed by atoms with Crippen LogP contribution in [0, 0.1) is 5.92 Å². The first-order chi connectivity index (χ1) is 15.9.